The van der Waals surface area contributed by atoms with Crippen LogP contribution in [0.3, 0.4) is 0 Å². The number of nitrogen functional groups attached to an aromatic ring is 1. The summed E-state index contributed by atoms with van der Waals surface area (Å²) in [4.78, 5) is 0. The lowest BCUT2D eigenvalue weighted by atomic mass is 9.82. The number of anilines is 1. The third-order valence-electron chi connectivity index (χ3n) is 6.93. The van der Waals surface area contributed by atoms with E-state index in [1.165, 1.54) is 26.9 Å². The summed E-state index contributed by atoms with van der Waals surface area (Å²) in [5, 5.41) is 23.7. The Balaban J connectivity index is 0.000000191. The topological polar surface area (TPSA) is 73.7 Å². The molecule has 0 atom stereocenters. The lowest BCUT2D eigenvalue weighted by Gasteiger charge is -2.21. The minimum atomic E-state index is 0.260. The van der Waals surface area contributed by atoms with Crippen molar-refractivity contribution in [2.24, 2.45) is 0 Å². The van der Waals surface area contributed by atoms with Crippen molar-refractivity contribution < 1.29 is 0 Å². The van der Waals surface area contributed by atoms with E-state index >= 15 is 0 Å². The molecule has 6 aromatic rings. The molecule has 0 fully saturated rings. The summed E-state index contributed by atoms with van der Waals surface area (Å²) >= 11 is 0. The summed E-state index contributed by atoms with van der Waals surface area (Å²) < 4.78 is 0. The van der Waals surface area contributed by atoms with E-state index in [1.54, 1.807) is 0 Å². The van der Waals surface area contributed by atoms with Gasteiger partial charge in [-0.15, -0.1) is 0 Å². The fraction of sp³-hybridized carbons (Fsp3) is 0. The van der Waals surface area contributed by atoms with E-state index in [0.29, 0.717) is 0 Å². The first-order chi connectivity index (χ1) is 18.1. The normalized spacial score (nSPS) is 12.7. The highest BCUT2D eigenvalue weighted by Gasteiger charge is 2.22. The Morgan fingerprint density at radius 3 is 1.78 bits per heavy atom. The van der Waals surface area contributed by atoms with Crippen molar-refractivity contribution in [3.05, 3.63) is 144 Å². The first-order valence-electron chi connectivity index (χ1n) is 12.2. The summed E-state index contributed by atoms with van der Waals surface area (Å²) in [5.74, 6) is 0. The van der Waals surface area contributed by atoms with Crippen molar-refractivity contribution in [3.8, 4) is 0 Å². The monoisotopic (exact) mass is 475 g/mol. The predicted molar refractivity (Wildman–Crippen MR) is 158 cm³/mol. The highest BCUT2D eigenvalue weighted by Crippen LogP contribution is 2.37. The molecule has 7 rings (SSSR count). The van der Waals surface area contributed by atoms with Gasteiger partial charge in [0.15, 0.2) is 0 Å². The third kappa shape index (κ3) is 3.97. The van der Waals surface area contributed by atoms with Gasteiger partial charge in [-0.3, -0.25) is 10.8 Å². The molecule has 1 aliphatic carbocycles. The molecule has 3 nitrogen and oxygen atoms in total. The van der Waals surface area contributed by atoms with Crippen LogP contribution in [0.15, 0.2) is 127 Å². The highest BCUT2D eigenvalue weighted by atomic mass is 14.5. The number of rotatable bonds is 1. The van der Waals surface area contributed by atoms with Crippen molar-refractivity contribution in [1.82, 2.24) is 0 Å². The first-order valence-corrected chi connectivity index (χ1v) is 12.2. The van der Waals surface area contributed by atoms with E-state index in [4.69, 9.17) is 16.6 Å². The molecule has 0 aliphatic heterocycles. The average molecular weight is 476 g/mol. The van der Waals surface area contributed by atoms with Crippen molar-refractivity contribution in [2.45, 2.75) is 0 Å². The largest absolute Gasteiger partial charge is 0.398 e. The van der Waals surface area contributed by atoms with Crippen LogP contribution in [0.25, 0.3) is 37.9 Å². The first kappa shape index (κ1) is 22.4. The zero-order valence-electron chi connectivity index (χ0n) is 20.2. The minimum Gasteiger partial charge on any atom is -0.398 e. The van der Waals surface area contributed by atoms with Gasteiger partial charge < -0.3 is 5.73 Å². The van der Waals surface area contributed by atoms with Gasteiger partial charge in [-0.25, -0.2) is 0 Å². The summed E-state index contributed by atoms with van der Waals surface area (Å²) in [6, 6.07) is 41.0. The molecule has 0 spiro atoms. The molecule has 0 saturated heterocycles. The molecule has 0 saturated carbocycles. The van der Waals surface area contributed by atoms with E-state index in [2.05, 4.69) is 66.7 Å². The van der Waals surface area contributed by atoms with E-state index in [0.717, 1.165) is 33.3 Å². The molecule has 3 heteroatoms. The molecule has 6 aromatic carbocycles. The molecule has 1 aliphatic rings. The van der Waals surface area contributed by atoms with Gasteiger partial charge in [0.05, 0.1) is 11.4 Å². The van der Waals surface area contributed by atoms with Crippen LogP contribution in [0.5, 0.6) is 0 Å². The van der Waals surface area contributed by atoms with Gasteiger partial charge in [0.1, 0.15) is 0 Å². The van der Waals surface area contributed by atoms with Crippen molar-refractivity contribution in [3.63, 3.8) is 0 Å². The fourth-order valence-corrected chi connectivity index (χ4v) is 5.13. The summed E-state index contributed by atoms with van der Waals surface area (Å²) in [6.45, 7) is 0. The zero-order valence-corrected chi connectivity index (χ0v) is 20.2. The lowest BCUT2D eigenvalue weighted by Crippen LogP contribution is -2.18. The highest BCUT2D eigenvalue weighted by molar-refractivity contribution is 6.53. The second-order valence-corrected chi connectivity index (χ2v) is 9.15. The Labute approximate surface area is 215 Å². The molecule has 0 heterocycles. The fourth-order valence-electron chi connectivity index (χ4n) is 5.13. The van der Waals surface area contributed by atoms with Gasteiger partial charge in [0.2, 0.25) is 0 Å². The number of hydrogen-bond acceptors (Lipinski definition) is 3. The predicted octanol–water partition coefficient (Wildman–Crippen LogP) is 8.25. The van der Waals surface area contributed by atoms with Crippen LogP contribution in [-0.4, -0.2) is 11.4 Å². The number of fused-ring (bicyclic) bond motifs is 5. The van der Waals surface area contributed by atoms with Crippen LogP contribution in [0.4, 0.5) is 5.69 Å². The number of hydrogen-bond donors (Lipinski definition) is 3. The summed E-state index contributed by atoms with van der Waals surface area (Å²) in [6.07, 6.45) is 1.83. The second-order valence-electron chi connectivity index (χ2n) is 9.15. The standard InChI is InChI=1S/C24H16N2.C10H9N/c25-23-14-22(19-11-5-6-12-20(19)24(23)26)21-13-15-7-1-2-8-16(15)17-9-3-4-10-18(17)21;11-10-7-3-5-8-4-1-2-6-9(8)10/h1-14,25-26H;1-7H,11H2. The summed E-state index contributed by atoms with van der Waals surface area (Å²) in [7, 11) is 0. The van der Waals surface area contributed by atoms with Gasteiger partial charge in [-0.05, 0) is 61.8 Å². The zero-order chi connectivity index (χ0) is 25.4. The van der Waals surface area contributed by atoms with Gasteiger partial charge in [-0.2, -0.15) is 0 Å². The number of benzene rings is 6. The second kappa shape index (κ2) is 9.21. The third-order valence-corrected chi connectivity index (χ3v) is 6.93. The van der Waals surface area contributed by atoms with Gasteiger partial charge in [-0.1, -0.05) is 109 Å². The van der Waals surface area contributed by atoms with E-state index in [-0.39, 0.29) is 11.4 Å². The van der Waals surface area contributed by atoms with E-state index in [9.17, 15) is 0 Å². The van der Waals surface area contributed by atoms with Crippen LogP contribution < -0.4 is 5.73 Å². The molecule has 37 heavy (non-hydrogen) atoms. The molecule has 4 N–H and O–H groups in total. The number of nitrogens with one attached hydrogen (secondary N) is 2. The molecule has 0 bridgehead atoms. The van der Waals surface area contributed by atoms with Crippen molar-refractivity contribution in [1.29, 1.82) is 10.8 Å². The Morgan fingerprint density at radius 1 is 0.459 bits per heavy atom. The Bertz CT molecular complexity index is 1870. The van der Waals surface area contributed by atoms with Gasteiger partial charge in [0.25, 0.3) is 0 Å². The van der Waals surface area contributed by atoms with Crippen molar-refractivity contribution >= 4 is 55.0 Å². The Hall–Kier alpha value is -5.02. The van der Waals surface area contributed by atoms with Crippen LogP contribution >= 0.6 is 0 Å². The quantitative estimate of drug-likeness (QED) is 0.163. The van der Waals surface area contributed by atoms with Gasteiger partial charge >= 0.3 is 0 Å². The van der Waals surface area contributed by atoms with Crippen LogP contribution in [0.1, 0.15) is 16.7 Å². The molecule has 0 unspecified atom stereocenters. The molecule has 0 radical (unpaired) electrons. The smallest absolute Gasteiger partial charge is 0.0867 e. The number of allylic oxidation sites excluding steroid dienone is 1. The Kier molecular flexibility index (Phi) is 5.59. The molecular formula is C34H25N3. The average Bonchev–Trinajstić information content (AvgIpc) is 2.95. The maximum atomic E-state index is 8.28. The maximum Gasteiger partial charge on any atom is 0.0867 e. The molecule has 0 amide bonds. The van der Waals surface area contributed by atoms with Crippen LogP contribution in [0.2, 0.25) is 0 Å². The SMILES string of the molecule is N=C1C=C(c2cc3ccccc3c3ccccc23)c2ccccc2C1=N.Nc1cccc2ccccc12. The number of nitrogens with two attached hydrogens (primary N) is 1. The Morgan fingerprint density at radius 2 is 1.03 bits per heavy atom. The molecule has 176 valence electrons. The van der Waals surface area contributed by atoms with Crippen LogP contribution in [0, 0.1) is 10.8 Å². The van der Waals surface area contributed by atoms with E-state index in [1.807, 2.05) is 60.7 Å². The molecular weight excluding hydrogens is 450 g/mol. The van der Waals surface area contributed by atoms with Crippen LogP contribution in [-0.2, 0) is 0 Å². The lowest BCUT2D eigenvalue weighted by molar-refractivity contribution is 1.43. The van der Waals surface area contributed by atoms with Crippen molar-refractivity contribution in [2.75, 3.05) is 5.73 Å². The van der Waals surface area contributed by atoms with E-state index < -0.39 is 0 Å². The molecule has 0 aromatic heterocycles. The maximum absolute atomic E-state index is 8.28. The minimum absolute atomic E-state index is 0.260. The summed E-state index contributed by atoms with van der Waals surface area (Å²) in [5.41, 5.74) is 11.1. The van der Waals surface area contributed by atoms with Gasteiger partial charge in [0, 0.05) is 16.6 Å².